The molecule has 0 saturated carbocycles. The smallest absolute Gasteiger partial charge is 0.255 e. The molecular formula is C20H27ClN2O4. The van der Waals surface area contributed by atoms with Crippen molar-refractivity contribution in [1.29, 1.82) is 0 Å². The van der Waals surface area contributed by atoms with Gasteiger partial charge in [0.25, 0.3) is 5.91 Å². The highest BCUT2D eigenvalue weighted by Gasteiger charge is 2.11. The lowest BCUT2D eigenvalue weighted by molar-refractivity contribution is 0.102. The Labute approximate surface area is 166 Å². The van der Waals surface area contributed by atoms with Crippen LogP contribution in [0.2, 0.25) is 0 Å². The maximum Gasteiger partial charge on any atom is 0.255 e. The fourth-order valence-corrected chi connectivity index (χ4v) is 2.27. The van der Waals surface area contributed by atoms with Gasteiger partial charge < -0.3 is 25.3 Å². The number of carbonyl (C=O) groups excluding carboxylic acids is 1. The fraction of sp³-hybridized carbons (Fsp3) is 0.350. The second-order valence-electron chi connectivity index (χ2n) is 5.68. The molecule has 2 rings (SSSR count). The van der Waals surface area contributed by atoms with Crippen molar-refractivity contribution in [3.05, 3.63) is 48.0 Å². The highest BCUT2D eigenvalue weighted by Crippen LogP contribution is 2.28. The van der Waals surface area contributed by atoms with Gasteiger partial charge in [-0.25, -0.2) is 0 Å². The van der Waals surface area contributed by atoms with E-state index in [0.717, 1.165) is 12.8 Å². The molecule has 0 bridgehead atoms. The monoisotopic (exact) mass is 394 g/mol. The summed E-state index contributed by atoms with van der Waals surface area (Å²) in [6.45, 7) is 3.64. The molecule has 0 heterocycles. The number of nitrogens with one attached hydrogen (secondary N) is 1. The van der Waals surface area contributed by atoms with Gasteiger partial charge in [0.2, 0.25) is 0 Å². The molecule has 2 aromatic rings. The number of halogens is 1. The summed E-state index contributed by atoms with van der Waals surface area (Å²) in [5, 5.41) is 2.85. The van der Waals surface area contributed by atoms with Gasteiger partial charge in [-0.2, -0.15) is 0 Å². The van der Waals surface area contributed by atoms with Crippen molar-refractivity contribution in [3.8, 4) is 17.2 Å². The predicted octanol–water partition coefficient (Wildman–Crippen LogP) is 3.89. The van der Waals surface area contributed by atoms with Gasteiger partial charge in [0.05, 0.1) is 13.7 Å². The number of hydrogen-bond donors (Lipinski definition) is 2. The first-order chi connectivity index (χ1) is 12.7. The van der Waals surface area contributed by atoms with E-state index in [1.165, 1.54) is 0 Å². The Kier molecular flexibility index (Phi) is 10.1. The van der Waals surface area contributed by atoms with Crippen LogP contribution in [-0.2, 0) is 0 Å². The average Bonchev–Trinajstić information content (AvgIpc) is 2.67. The topological polar surface area (TPSA) is 82.8 Å². The molecule has 0 radical (unpaired) electrons. The van der Waals surface area contributed by atoms with Gasteiger partial charge in [0.15, 0.2) is 11.5 Å². The standard InChI is InChI=1S/C20H26N2O4.ClH/c1-3-4-12-26-18-10-5-15(14-19(18)24-2)20(23)22-16-6-8-17(9-7-16)25-13-11-21;/h5-10,14H,3-4,11-13,21H2,1-2H3,(H,22,23);1H. The summed E-state index contributed by atoms with van der Waals surface area (Å²) >= 11 is 0. The molecule has 0 saturated heterocycles. The average molecular weight is 395 g/mol. The summed E-state index contributed by atoms with van der Waals surface area (Å²) in [4.78, 5) is 12.5. The highest BCUT2D eigenvalue weighted by atomic mass is 35.5. The summed E-state index contributed by atoms with van der Waals surface area (Å²) in [6.07, 6.45) is 2.02. The third kappa shape index (κ3) is 7.00. The Morgan fingerprint density at radius 3 is 2.41 bits per heavy atom. The maximum atomic E-state index is 12.5. The van der Waals surface area contributed by atoms with E-state index in [2.05, 4.69) is 12.2 Å². The highest BCUT2D eigenvalue weighted by molar-refractivity contribution is 6.04. The molecular weight excluding hydrogens is 368 g/mol. The van der Waals surface area contributed by atoms with Crippen molar-refractivity contribution >= 4 is 24.0 Å². The lowest BCUT2D eigenvalue weighted by Gasteiger charge is -2.12. The van der Waals surface area contributed by atoms with Gasteiger partial charge >= 0.3 is 0 Å². The zero-order valence-electron chi connectivity index (χ0n) is 15.7. The molecule has 3 N–H and O–H groups in total. The number of unbranched alkanes of at least 4 members (excludes halogenated alkanes) is 1. The number of ether oxygens (including phenoxy) is 3. The molecule has 0 aliphatic heterocycles. The minimum absolute atomic E-state index is 0. The van der Waals surface area contributed by atoms with Crippen LogP contribution in [0.25, 0.3) is 0 Å². The first-order valence-electron chi connectivity index (χ1n) is 8.73. The Bertz CT molecular complexity index is 708. The zero-order valence-corrected chi connectivity index (χ0v) is 16.5. The summed E-state index contributed by atoms with van der Waals surface area (Å²) in [7, 11) is 1.56. The van der Waals surface area contributed by atoms with E-state index in [0.29, 0.717) is 48.3 Å². The van der Waals surface area contributed by atoms with Crippen LogP contribution in [0.15, 0.2) is 42.5 Å². The van der Waals surface area contributed by atoms with Crippen LogP contribution in [0.3, 0.4) is 0 Å². The van der Waals surface area contributed by atoms with Crippen LogP contribution in [-0.4, -0.2) is 32.8 Å². The van der Waals surface area contributed by atoms with Crippen LogP contribution >= 0.6 is 12.4 Å². The molecule has 0 aromatic heterocycles. The largest absolute Gasteiger partial charge is 0.493 e. The van der Waals surface area contributed by atoms with Crippen molar-refractivity contribution < 1.29 is 19.0 Å². The third-order valence-corrected chi connectivity index (χ3v) is 3.68. The predicted molar refractivity (Wildman–Crippen MR) is 110 cm³/mol. The Morgan fingerprint density at radius 2 is 1.78 bits per heavy atom. The Balaban J connectivity index is 0.00000364. The van der Waals surface area contributed by atoms with Gasteiger partial charge in [-0.15, -0.1) is 12.4 Å². The van der Waals surface area contributed by atoms with Crippen LogP contribution in [0.1, 0.15) is 30.1 Å². The number of methoxy groups -OCH3 is 1. The number of hydrogen-bond acceptors (Lipinski definition) is 5. The van der Waals surface area contributed by atoms with Crippen LogP contribution in [0.5, 0.6) is 17.2 Å². The molecule has 1 amide bonds. The molecule has 0 spiro atoms. The quantitative estimate of drug-likeness (QED) is 0.597. The lowest BCUT2D eigenvalue weighted by Crippen LogP contribution is -2.12. The zero-order chi connectivity index (χ0) is 18.8. The van der Waals surface area contributed by atoms with E-state index < -0.39 is 0 Å². The fourth-order valence-electron chi connectivity index (χ4n) is 2.27. The normalized spacial score (nSPS) is 9.89. The van der Waals surface area contributed by atoms with E-state index in [1.54, 1.807) is 49.6 Å². The lowest BCUT2D eigenvalue weighted by atomic mass is 10.1. The second kappa shape index (κ2) is 12.0. The van der Waals surface area contributed by atoms with Crippen molar-refractivity contribution in [2.24, 2.45) is 5.73 Å². The van der Waals surface area contributed by atoms with E-state index in [9.17, 15) is 4.79 Å². The number of nitrogens with two attached hydrogens (primary N) is 1. The number of benzene rings is 2. The number of carbonyl (C=O) groups is 1. The SMILES string of the molecule is CCCCOc1ccc(C(=O)Nc2ccc(OCCN)cc2)cc1OC.Cl. The van der Waals surface area contributed by atoms with Crippen molar-refractivity contribution in [2.45, 2.75) is 19.8 Å². The summed E-state index contributed by atoms with van der Waals surface area (Å²) in [6, 6.07) is 12.3. The van der Waals surface area contributed by atoms with E-state index in [1.807, 2.05) is 0 Å². The molecule has 0 aliphatic rings. The van der Waals surface area contributed by atoms with E-state index >= 15 is 0 Å². The Hall–Kier alpha value is -2.44. The van der Waals surface area contributed by atoms with Gasteiger partial charge in [-0.1, -0.05) is 13.3 Å². The van der Waals surface area contributed by atoms with Crippen molar-refractivity contribution in [2.75, 3.05) is 32.2 Å². The van der Waals surface area contributed by atoms with Gasteiger partial charge in [-0.05, 0) is 48.9 Å². The van der Waals surface area contributed by atoms with Crippen LogP contribution < -0.4 is 25.3 Å². The third-order valence-electron chi connectivity index (χ3n) is 3.68. The molecule has 2 aromatic carbocycles. The summed E-state index contributed by atoms with van der Waals surface area (Å²) < 4.78 is 16.4. The molecule has 27 heavy (non-hydrogen) atoms. The number of amides is 1. The van der Waals surface area contributed by atoms with Gasteiger partial charge in [-0.3, -0.25) is 4.79 Å². The second-order valence-corrected chi connectivity index (χ2v) is 5.68. The summed E-state index contributed by atoms with van der Waals surface area (Å²) in [5.74, 6) is 1.67. The van der Waals surface area contributed by atoms with Crippen molar-refractivity contribution in [3.63, 3.8) is 0 Å². The van der Waals surface area contributed by atoms with Gasteiger partial charge in [0, 0.05) is 17.8 Å². The van der Waals surface area contributed by atoms with Crippen LogP contribution in [0, 0.1) is 0 Å². The summed E-state index contributed by atoms with van der Waals surface area (Å²) in [5.41, 5.74) is 6.58. The Morgan fingerprint density at radius 1 is 1.04 bits per heavy atom. The number of rotatable bonds is 10. The maximum absolute atomic E-state index is 12.5. The molecule has 0 unspecified atom stereocenters. The van der Waals surface area contributed by atoms with Gasteiger partial charge in [0.1, 0.15) is 12.4 Å². The van der Waals surface area contributed by atoms with Crippen LogP contribution in [0.4, 0.5) is 5.69 Å². The minimum atomic E-state index is -0.223. The minimum Gasteiger partial charge on any atom is -0.493 e. The molecule has 148 valence electrons. The molecule has 0 fully saturated rings. The molecule has 7 heteroatoms. The molecule has 6 nitrogen and oxygen atoms in total. The first kappa shape index (κ1) is 22.6. The van der Waals surface area contributed by atoms with E-state index in [4.69, 9.17) is 19.9 Å². The van der Waals surface area contributed by atoms with E-state index in [-0.39, 0.29) is 18.3 Å². The molecule has 0 atom stereocenters. The first-order valence-corrected chi connectivity index (χ1v) is 8.73. The van der Waals surface area contributed by atoms with Crippen molar-refractivity contribution in [1.82, 2.24) is 0 Å². The number of anilines is 1. The molecule has 0 aliphatic carbocycles.